The van der Waals surface area contributed by atoms with Crippen LogP contribution in [0.1, 0.15) is 55.4 Å². The number of methoxy groups -OCH3 is 1. The van der Waals surface area contributed by atoms with E-state index in [4.69, 9.17) is 4.74 Å². The van der Waals surface area contributed by atoms with Crippen molar-refractivity contribution in [3.8, 4) is 5.75 Å². The molecular formula is C23H36IN7O. The number of aromatic nitrogens is 3. The zero-order valence-corrected chi connectivity index (χ0v) is 21.5. The van der Waals surface area contributed by atoms with Crippen molar-refractivity contribution in [3.63, 3.8) is 0 Å². The van der Waals surface area contributed by atoms with Crippen molar-refractivity contribution in [2.45, 2.75) is 57.7 Å². The number of nitrogens with zero attached hydrogens (tertiary/aromatic N) is 5. The van der Waals surface area contributed by atoms with Gasteiger partial charge in [-0.2, -0.15) is 0 Å². The molecule has 32 heavy (non-hydrogen) atoms. The van der Waals surface area contributed by atoms with E-state index in [9.17, 15) is 0 Å². The molecule has 1 saturated heterocycles. The molecule has 4 rings (SSSR count). The van der Waals surface area contributed by atoms with Crippen molar-refractivity contribution in [1.82, 2.24) is 30.3 Å². The fraction of sp³-hybridized carbons (Fsp3) is 0.609. The SMILES string of the molecule is CN=C(NCc1nnc2n1CCCCC2)NCC(c1cccc(OC)c1)N1CCCC1.I. The van der Waals surface area contributed by atoms with Crippen LogP contribution in [-0.2, 0) is 19.5 Å². The summed E-state index contributed by atoms with van der Waals surface area (Å²) in [4.78, 5) is 6.99. The molecule has 176 valence electrons. The Bertz CT molecular complexity index is 879. The topological polar surface area (TPSA) is 79.6 Å². The van der Waals surface area contributed by atoms with Crippen LogP contribution in [0, 0.1) is 0 Å². The van der Waals surface area contributed by atoms with Crippen LogP contribution in [0.2, 0.25) is 0 Å². The monoisotopic (exact) mass is 553 g/mol. The van der Waals surface area contributed by atoms with Gasteiger partial charge in [-0.25, -0.2) is 0 Å². The Kier molecular flexibility index (Phi) is 9.58. The van der Waals surface area contributed by atoms with Gasteiger partial charge in [0, 0.05) is 26.6 Å². The second kappa shape index (κ2) is 12.4. The van der Waals surface area contributed by atoms with E-state index >= 15 is 0 Å². The van der Waals surface area contributed by atoms with E-state index < -0.39 is 0 Å². The number of halogens is 1. The lowest BCUT2D eigenvalue weighted by atomic mass is 10.1. The number of likely N-dealkylation sites (tertiary alicyclic amines) is 1. The molecule has 0 radical (unpaired) electrons. The highest BCUT2D eigenvalue weighted by Gasteiger charge is 2.24. The number of guanidine groups is 1. The molecule has 0 bridgehead atoms. The van der Waals surface area contributed by atoms with Gasteiger partial charge in [0.15, 0.2) is 11.8 Å². The summed E-state index contributed by atoms with van der Waals surface area (Å²) in [5.41, 5.74) is 1.27. The first kappa shape index (κ1) is 24.8. The van der Waals surface area contributed by atoms with Crippen molar-refractivity contribution in [2.24, 2.45) is 4.99 Å². The maximum Gasteiger partial charge on any atom is 0.191 e. The molecule has 1 aromatic heterocycles. The summed E-state index contributed by atoms with van der Waals surface area (Å²) in [5.74, 6) is 3.79. The minimum atomic E-state index is 0. The second-order valence-electron chi connectivity index (χ2n) is 8.34. The van der Waals surface area contributed by atoms with Crippen LogP contribution in [0.3, 0.4) is 0 Å². The normalized spacial score (nSPS) is 17.8. The van der Waals surface area contributed by atoms with Crippen LogP contribution in [-0.4, -0.2) is 59.4 Å². The summed E-state index contributed by atoms with van der Waals surface area (Å²) in [6, 6.07) is 8.68. The van der Waals surface area contributed by atoms with Gasteiger partial charge in [0.25, 0.3) is 0 Å². The van der Waals surface area contributed by atoms with Gasteiger partial charge in [-0.3, -0.25) is 9.89 Å². The number of rotatable bonds is 7. The third-order valence-corrected chi connectivity index (χ3v) is 6.35. The lowest BCUT2D eigenvalue weighted by Crippen LogP contribution is -2.42. The van der Waals surface area contributed by atoms with E-state index in [1.165, 1.54) is 37.7 Å². The molecule has 9 heteroatoms. The fourth-order valence-electron chi connectivity index (χ4n) is 4.61. The second-order valence-corrected chi connectivity index (χ2v) is 8.34. The number of hydrogen-bond acceptors (Lipinski definition) is 5. The van der Waals surface area contributed by atoms with Gasteiger partial charge in [-0.1, -0.05) is 18.6 Å². The summed E-state index contributed by atoms with van der Waals surface area (Å²) in [5, 5.41) is 15.8. The average molecular weight is 553 g/mol. The third-order valence-electron chi connectivity index (χ3n) is 6.35. The van der Waals surface area contributed by atoms with Gasteiger partial charge in [-0.15, -0.1) is 34.2 Å². The highest BCUT2D eigenvalue weighted by molar-refractivity contribution is 14.0. The molecule has 2 aliphatic rings. The van der Waals surface area contributed by atoms with Crippen molar-refractivity contribution < 1.29 is 4.74 Å². The number of hydrogen-bond donors (Lipinski definition) is 2. The zero-order valence-electron chi connectivity index (χ0n) is 19.2. The Balaban J connectivity index is 0.00000289. The molecular weight excluding hydrogens is 517 g/mol. The Morgan fingerprint density at radius 2 is 1.91 bits per heavy atom. The highest BCUT2D eigenvalue weighted by atomic mass is 127. The van der Waals surface area contributed by atoms with Crippen molar-refractivity contribution in [1.29, 1.82) is 0 Å². The standard InChI is InChI=1S/C23H35N7O.HI/c1-24-23(26-17-22-28-27-21-11-4-3-5-14-30(21)22)25-16-20(29-12-6-7-13-29)18-9-8-10-19(15-18)31-2;/h8-10,15,20H,3-7,11-14,16-17H2,1-2H3,(H2,24,25,26);1H. The number of ether oxygens (including phenoxy) is 1. The zero-order chi connectivity index (χ0) is 21.5. The number of fused-ring (bicyclic) bond motifs is 1. The Hall–Kier alpha value is -1.88. The summed E-state index contributed by atoms with van der Waals surface area (Å²) in [7, 11) is 3.54. The molecule has 0 amide bonds. The summed E-state index contributed by atoms with van der Waals surface area (Å²) < 4.78 is 7.73. The molecule has 2 aromatic rings. The van der Waals surface area contributed by atoms with Crippen molar-refractivity contribution in [3.05, 3.63) is 41.5 Å². The molecule has 0 aliphatic carbocycles. The fourth-order valence-corrected chi connectivity index (χ4v) is 4.61. The van der Waals surface area contributed by atoms with Gasteiger partial charge in [0.1, 0.15) is 11.6 Å². The number of benzene rings is 1. The molecule has 3 heterocycles. The van der Waals surface area contributed by atoms with Gasteiger partial charge < -0.3 is 19.9 Å². The molecule has 0 saturated carbocycles. The molecule has 1 fully saturated rings. The Labute approximate surface area is 208 Å². The first-order valence-corrected chi connectivity index (χ1v) is 11.5. The number of aryl methyl sites for hydroxylation is 1. The third kappa shape index (κ3) is 6.12. The van der Waals surface area contributed by atoms with Crippen molar-refractivity contribution in [2.75, 3.05) is 33.8 Å². The van der Waals surface area contributed by atoms with Gasteiger partial charge in [0.05, 0.1) is 19.7 Å². The summed E-state index contributed by atoms with van der Waals surface area (Å²) in [6.07, 6.45) is 7.20. The van der Waals surface area contributed by atoms with E-state index in [1.54, 1.807) is 7.11 Å². The quantitative estimate of drug-likeness (QED) is 0.312. The highest BCUT2D eigenvalue weighted by Crippen LogP contribution is 2.27. The van der Waals surface area contributed by atoms with Gasteiger partial charge >= 0.3 is 0 Å². The summed E-state index contributed by atoms with van der Waals surface area (Å²) in [6.45, 7) is 4.67. The van der Waals surface area contributed by atoms with Gasteiger partial charge in [-0.05, 0) is 56.5 Å². The first-order chi connectivity index (χ1) is 15.3. The molecule has 1 atom stereocenters. The number of nitrogens with one attached hydrogen (secondary N) is 2. The number of aliphatic imine (C=N–C) groups is 1. The minimum absolute atomic E-state index is 0. The van der Waals surface area contributed by atoms with Crippen LogP contribution in [0.15, 0.2) is 29.3 Å². The Morgan fingerprint density at radius 1 is 1.09 bits per heavy atom. The molecule has 1 unspecified atom stereocenters. The predicted molar refractivity (Wildman–Crippen MR) is 138 cm³/mol. The van der Waals surface area contributed by atoms with Gasteiger partial charge in [0.2, 0.25) is 0 Å². The molecule has 1 aromatic carbocycles. The van der Waals surface area contributed by atoms with E-state index in [1.807, 2.05) is 13.1 Å². The molecule has 2 N–H and O–H groups in total. The van der Waals surface area contributed by atoms with Crippen LogP contribution >= 0.6 is 24.0 Å². The molecule has 2 aliphatic heterocycles. The van der Waals surface area contributed by atoms with Crippen molar-refractivity contribution >= 4 is 29.9 Å². The van der Waals surface area contributed by atoms with Crippen LogP contribution in [0.5, 0.6) is 5.75 Å². The van der Waals surface area contributed by atoms with Crippen LogP contribution < -0.4 is 15.4 Å². The largest absolute Gasteiger partial charge is 0.497 e. The average Bonchev–Trinajstić information content (AvgIpc) is 3.41. The molecule has 8 nitrogen and oxygen atoms in total. The smallest absolute Gasteiger partial charge is 0.191 e. The van der Waals surface area contributed by atoms with E-state index in [-0.39, 0.29) is 30.0 Å². The van der Waals surface area contributed by atoms with E-state index in [0.717, 1.165) is 56.0 Å². The maximum atomic E-state index is 5.46. The lowest BCUT2D eigenvalue weighted by Gasteiger charge is -2.29. The van der Waals surface area contributed by atoms with E-state index in [2.05, 4.69) is 53.5 Å². The predicted octanol–water partition coefficient (Wildman–Crippen LogP) is 3.13. The van der Waals surface area contributed by atoms with Crippen LogP contribution in [0.4, 0.5) is 0 Å². The first-order valence-electron chi connectivity index (χ1n) is 11.5. The maximum absolute atomic E-state index is 5.46. The lowest BCUT2D eigenvalue weighted by molar-refractivity contribution is 0.245. The van der Waals surface area contributed by atoms with Crippen LogP contribution in [0.25, 0.3) is 0 Å². The van der Waals surface area contributed by atoms with E-state index in [0.29, 0.717) is 6.54 Å². The Morgan fingerprint density at radius 3 is 2.69 bits per heavy atom. The summed E-state index contributed by atoms with van der Waals surface area (Å²) >= 11 is 0. The molecule has 0 spiro atoms. The minimum Gasteiger partial charge on any atom is -0.497 e.